The first-order valence-electron chi connectivity index (χ1n) is 7.69. The second-order valence-corrected chi connectivity index (χ2v) is 6.55. The Bertz CT molecular complexity index is 1270. The molecule has 3 aromatic heterocycles. The van der Waals surface area contributed by atoms with Crippen molar-refractivity contribution in [3.63, 3.8) is 0 Å². The number of ether oxygens (including phenoxy) is 1. The van der Waals surface area contributed by atoms with Gasteiger partial charge in [0, 0.05) is 19.2 Å². The molecule has 0 spiro atoms. The molecule has 11 heteroatoms. The molecule has 0 fully saturated rings. The third-order valence-electron chi connectivity index (χ3n) is 4.02. The predicted octanol–water partition coefficient (Wildman–Crippen LogP) is 1.91. The van der Waals surface area contributed by atoms with Crippen LogP contribution in [0, 0.1) is 10.1 Å². The summed E-state index contributed by atoms with van der Waals surface area (Å²) in [6.07, 6.45) is 0. The molecule has 136 valence electrons. The maximum Gasteiger partial charge on any atom is 0.338 e. The molecule has 0 radical (unpaired) electrons. The first kappa shape index (κ1) is 16.8. The van der Waals surface area contributed by atoms with E-state index in [2.05, 4.69) is 10.2 Å². The summed E-state index contributed by atoms with van der Waals surface area (Å²) < 4.78 is 8.80. The van der Waals surface area contributed by atoms with Crippen LogP contribution in [0.3, 0.4) is 0 Å². The van der Waals surface area contributed by atoms with Crippen molar-refractivity contribution in [2.75, 3.05) is 0 Å². The van der Waals surface area contributed by atoms with Gasteiger partial charge in [-0.25, -0.2) is 4.79 Å². The summed E-state index contributed by atoms with van der Waals surface area (Å²) >= 11 is 1.30. The number of esters is 1. The highest BCUT2D eigenvalue weighted by Crippen LogP contribution is 2.20. The van der Waals surface area contributed by atoms with Crippen molar-refractivity contribution in [1.29, 1.82) is 0 Å². The van der Waals surface area contributed by atoms with Gasteiger partial charge in [0.1, 0.15) is 4.70 Å². The van der Waals surface area contributed by atoms with Crippen LogP contribution in [0.1, 0.15) is 16.2 Å². The lowest BCUT2D eigenvalue weighted by Crippen LogP contribution is -2.19. The standard InChI is InChI=1S/C16H11N5O5S/c1-19-14(22)13-11(5-6-27-13)20-12(17-18-16(19)20)8-26-15(23)9-3-2-4-10(7-9)21(24)25/h2-7H,8H2,1H3. The maximum atomic E-state index is 12.3. The number of carbonyl (C=O) groups excluding carboxylic acids is 1. The molecular formula is C16H11N5O5S. The van der Waals surface area contributed by atoms with Gasteiger partial charge in [0.25, 0.3) is 11.2 Å². The molecule has 0 unspecified atom stereocenters. The Morgan fingerprint density at radius 2 is 2.15 bits per heavy atom. The van der Waals surface area contributed by atoms with Gasteiger partial charge in [-0.3, -0.25) is 23.9 Å². The number of nitro groups is 1. The lowest BCUT2D eigenvalue weighted by Gasteiger charge is -2.06. The minimum Gasteiger partial charge on any atom is -0.454 e. The molecule has 0 saturated heterocycles. The van der Waals surface area contributed by atoms with E-state index in [0.717, 1.165) is 6.07 Å². The third-order valence-corrected chi connectivity index (χ3v) is 4.91. The Labute approximate surface area is 154 Å². The molecule has 1 aromatic carbocycles. The Morgan fingerprint density at radius 3 is 2.93 bits per heavy atom. The normalized spacial score (nSPS) is 11.1. The first-order valence-corrected chi connectivity index (χ1v) is 8.57. The molecule has 0 aliphatic carbocycles. The van der Waals surface area contributed by atoms with Gasteiger partial charge in [-0.2, -0.15) is 0 Å². The van der Waals surface area contributed by atoms with Crippen LogP contribution < -0.4 is 5.56 Å². The van der Waals surface area contributed by atoms with Crippen LogP contribution in [-0.4, -0.2) is 30.1 Å². The van der Waals surface area contributed by atoms with Gasteiger partial charge in [0.05, 0.1) is 16.0 Å². The number of hydrogen-bond acceptors (Lipinski definition) is 8. The van der Waals surface area contributed by atoms with Crippen LogP contribution in [0.4, 0.5) is 5.69 Å². The lowest BCUT2D eigenvalue weighted by molar-refractivity contribution is -0.384. The van der Waals surface area contributed by atoms with Gasteiger partial charge in [0.2, 0.25) is 5.78 Å². The molecule has 0 N–H and O–H groups in total. The van der Waals surface area contributed by atoms with Crippen molar-refractivity contribution in [1.82, 2.24) is 19.2 Å². The Balaban J connectivity index is 1.67. The Hall–Kier alpha value is -3.60. The van der Waals surface area contributed by atoms with E-state index in [1.165, 1.54) is 34.1 Å². The largest absolute Gasteiger partial charge is 0.454 e. The van der Waals surface area contributed by atoms with Crippen LogP contribution in [-0.2, 0) is 18.4 Å². The highest BCUT2D eigenvalue weighted by molar-refractivity contribution is 7.17. The van der Waals surface area contributed by atoms with Crippen LogP contribution in [0.15, 0.2) is 40.5 Å². The van der Waals surface area contributed by atoms with Crippen molar-refractivity contribution < 1.29 is 14.5 Å². The smallest absolute Gasteiger partial charge is 0.338 e. The number of rotatable bonds is 4. The first-order chi connectivity index (χ1) is 13.0. The fraction of sp³-hybridized carbons (Fsp3) is 0.125. The number of non-ortho nitro benzene ring substituents is 1. The van der Waals surface area contributed by atoms with Crippen LogP contribution in [0.2, 0.25) is 0 Å². The summed E-state index contributed by atoms with van der Waals surface area (Å²) in [5, 5.41) is 20.6. The van der Waals surface area contributed by atoms with Gasteiger partial charge in [0.15, 0.2) is 12.4 Å². The fourth-order valence-corrected chi connectivity index (χ4v) is 3.56. The van der Waals surface area contributed by atoms with Gasteiger partial charge < -0.3 is 4.74 Å². The van der Waals surface area contributed by atoms with E-state index < -0.39 is 10.9 Å². The van der Waals surface area contributed by atoms with E-state index in [1.807, 2.05) is 0 Å². The molecule has 0 saturated carbocycles. The average molecular weight is 385 g/mol. The second kappa shape index (κ2) is 6.29. The summed E-state index contributed by atoms with van der Waals surface area (Å²) in [5.41, 5.74) is 0.308. The highest BCUT2D eigenvalue weighted by atomic mass is 32.1. The van der Waals surface area contributed by atoms with Crippen molar-refractivity contribution >= 4 is 39.0 Å². The van der Waals surface area contributed by atoms with Crippen molar-refractivity contribution in [2.45, 2.75) is 6.61 Å². The molecule has 27 heavy (non-hydrogen) atoms. The molecule has 0 amide bonds. The minimum absolute atomic E-state index is 0.0612. The number of carbonyl (C=O) groups is 1. The van der Waals surface area contributed by atoms with E-state index in [4.69, 9.17) is 4.74 Å². The number of aromatic nitrogens is 4. The second-order valence-electron chi connectivity index (χ2n) is 5.63. The van der Waals surface area contributed by atoms with E-state index in [9.17, 15) is 19.7 Å². The van der Waals surface area contributed by atoms with E-state index in [1.54, 1.807) is 22.9 Å². The summed E-state index contributed by atoms with van der Waals surface area (Å²) in [7, 11) is 1.59. The summed E-state index contributed by atoms with van der Waals surface area (Å²) in [6, 6.07) is 7.04. The zero-order chi connectivity index (χ0) is 19.1. The number of thiophene rings is 1. The quantitative estimate of drug-likeness (QED) is 0.299. The molecule has 4 aromatic rings. The molecule has 0 atom stereocenters. The number of hydrogen-bond donors (Lipinski definition) is 0. The number of benzene rings is 1. The van der Waals surface area contributed by atoms with Crippen molar-refractivity contribution in [2.24, 2.45) is 7.05 Å². The summed E-state index contributed by atoms with van der Waals surface area (Å²) in [6.45, 7) is -0.203. The predicted molar refractivity (Wildman–Crippen MR) is 95.8 cm³/mol. The van der Waals surface area contributed by atoms with Crippen molar-refractivity contribution in [3.05, 3.63) is 67.6 Å². The van der Waals surface area contributed by atoms with Gasteiger partial charge in [-0.05, 0) is 17.5 Å². The van der Waals surface area contributed by atoms with E-state index in [-0.39, 0.29) is 23.4 Å². The van der Waals surface area contributed by atoms with Gasteiger partial charge in [-0.15, -0.1) is 21.5 Å². The molecule has 10 nitrogen and oxygen atoms in total. The highest BCUT2D eigenvalue weighted by Gasteiger charge is 2.18. The fourth-order valence-electron chi connectivity index (χ4n) is 2.71. The Morgan fingerprint density at radius 1 is 1.33 bits per heavy atom. The zero-order valence-corrected chi connectivity index (χ0v) is 14.7. The minimum atomic E-state index is -0.721. The molecule has 4 rings (SSSR count). The van der Waals surface area contributed by atoms with Gasteiger partial charge >= 0.3 is 5.97 Å². The number of nitrogens with zero attached hydrogens (tertiary/aromatic N) is 5. The third kappa shape index (κ3) is 2.73. The van der Waals surface area contributed by atoms with Crippen LogP contribution in [0.5, 0.6) is 0 Å². The summed E-state index contributed by atoms with van der Waals surface area (Å²) in [5.74, 6) is -0.0584. The van der Waals surface area contributed by atoms with Crippen LogP contribution >= 0.6 is 11.3 Å². The van der Waals surface area contributed by atoms with Gasteiger partial charge in [-0.1, -0.05) is 6.07 Å². The number of aryl methyl sites for hydroxylation is 1. The number of fused-ring (bicyclic) bond motifs is 3. The maximum absolute atomic E-state index is 12.3. The van der Waals surface area contributed by atoms with E-state index >= 15 is 0 Å². The zero-order valence-electron chi connectivity index (χ0n) is 13.9. The number of nitro benzene ring substituents is 1. The molecule has 3 heterocycles. The van der Waals surface area contributed by atoms with E-state index in [0.29, 0.717) is 21.8 Å². The monoisotopic (exact) mass is 385 g/mol. The topological polar surface area (TPSA) is 122 Å². The summed E-state index contributed by atoms with van der Waals surface area (Å²) in [4.78, 5) is 34.8. The lowest BCUT2D eigenvalue weighted by atomic mass is 10.2. The molecule has 0 aliphatic rings. The molecule has 0 aliphatic heterocycles. The average Bonchev–Trinajstić information content (AvgIpc) is 3.31. The Kier molecular flexibility index (Phi) is 3.92. The van der Waals surface area contributed by atoms with Crippen LogP contribution in [0.25, 0.3) is 16.0 Å². The van der Waals surface area contributed by atoms with Crippen molar-refractivity contribution in [3.8, 4) is 0 Å². The molecular weight excluding hydrogens is 374 g/mol. The molecule has 0 bridgehead atoms. The SMILES string of the molecule is Cn1c(=O)c2sccc2n2c(COC(=O)c3cccc([N+](=O)[O-])c3)nnc12.